The molecule has 0 aliphatic carbocycles. The lowest BCUT2D eigenvalue weighted by atomic mass is 10.1. The summed E-state index contributed by atoms with van der Waals surface area (Å²) < 4.78 is 105. The number of carbonyl (C=O) groups is 1. The second kappa shape index (κ2) is 9.33. The zero-order valence-electron chi connectivity index (χ0n) is 16.8. The fourth-order valence-electron chi connectivity index (χ4n) is 2.93. The third-order valence-electron chi connectivity index (χ3n) is 4.60. The van der Waals surface area contributed by atoms with E-state index in [-0.39, 0.29) is 62.7 Å². The van der Waals surface area contributed by atoms with Crippen molar-refractivity contribution in [1.82, 2.24) is 14.5 Å². The van der Waals surface area contributed by atoms with Crippen molar-refractivity contribution in [2.45, 2.75) is 31.1 Å². The monoisotopic (exact) mass is 475 g/mol. The van der Waals surface area contributed by atoms with Gasteiger partial charge in [-0.25, -0.2) is 8.42 Å². The smallest absolute Gasteiger partial charge is 0.355 e. The van der Waals surface area contributed by atoms with Crippen LogP contribution in [0.15, 0.2) is 23.1 Å². The Bertz CT molecular complexity index is 860. The van der Waals surface area contributed by atoms with Gasteiger partial charge in [0, 0.05) is 32.7 Å². The first-order valence-electron chi connectivity index (χ1n) is 9.39. The molecule has 1 aliphatic rings. The third kappa shape index (κ3) is 6.81. The highest BCUT2D eigenvalue weighted by Gasteiger charge is 2.39. The first kappa shape index (κ1) is 25.4. The van der Waals surface area contributed by atoms with Gasteiger partial charge < -0.3 is 5.32 Å². The van der Waals surface area contributed by atoms with E-state index in [1.54, 1.807) is 4.90 Å². The highest BCUT2D eigenvalue weighted by Crippen LogP contribution is 2.37. The van der Waals surface area contributed by atoms with Crippen molar-refractivity contribution in [3.63, 3.8) is 0 Å². The zero-order chi connectivity index (χ0) is 23.6. The number of halogens is 6. The molecule has 0 radical (unpaired) electrons. The van der Waals surface area contributed by atoms with E-state index in [2.05, 4.69) is 5.32 Å². The molecule has 31 heavy (non-hydrogen) atoms. The topological polar surface area (TPSA) is 69.7 Å². The lowest BCUT2D eigenvalue weighted by molar-refractivity contribution is -0.143. The number of hydrogen-bond donors (Lipinski definition) is 1. The van der Waals surface area contributed by atoms with Crippen molar-refractivity contribution in [3.8, 4) is 0 Å². The molecule has 0 unspecified atom stereocenters. The van der Waals surface area contributed by atoms with Gasteiger partial charge in [0.05, 0.1) is 22.6 Å². The molecule has 1 amide bonds. The molecule has 1 aromatic carbocycles. The summed E-state index contributed by atoms with van der Waals surface area (Å²) >= 11 is 0. The van der Waals surface area contributed by atoms with Crippen LogP contribution >= 0.6 is 0 Å². The van der Waals surface area contributed by atoms with Crippen molar-refractivity contribution in [1.29, 1.82) is 0 Å². The Labute approximate surface area is 176 Å². The molecule has 2 rings (SSSR count). The van der Waals surface area contributed by atoms with Crippen LogP contribution in [0, 0.1) is 5.92 Å². The van der Waals surface area contributed by atoms with E-state index >= 15 is 0 Å². The zero-order valence-corrected chi connectivity index (χ0v) is 17.7. The summed E-state index contributed by atoms with van der Waals surface area (Å²) in [5.41, 5.74) is -3.39. The van der Waals surface area contributed by atoms with Crippen molar-refractivity contribution >= 4 is 15.9 Å². The van der Waals surface area contributed by atoms with Gasteiger partial charge in [0.1, 0.15) is 0 Å². The molecule has 0 aromatic heterocycles. The van der Waals surface area contributed by atoms with Gasteiger partial charge in [0.2, 0.25) is 15.9 Å². The van der Waals surface area contributed by atoms with Crippen molar-refractivity contribution in [2.24, 2.45) is 5.92 Å². The van der Waals surface area contributed by atoms with Gasteiger partial charge in [0.25, 0.3) is 0 Å². The maximum absolute atomic E-state index is 13.0. The number of amides is 1. The molecule has 1 fully saturated rings. The van der Waals surface area contributed by atoms with E-state index in [1.165, 1.54) is 0 Å². The fraction of sp³-hybridized carbons (Fsp3) is 0.611. The third-order valence-corrected chi connectivity index (χ3v) is 6.48. The number of hydrogen-bond acceptors (Lipinski definition) is 4. The fourth-order valence-corrected chi connectivity index (χ4v) is 4.42. The molecule has 176 valence electrons. The Morgan fingerprint density at radius 3 is 1.87 bits per heavy atom. The number of nitrogens with one attached hydrogen (secondary N) is 1. The molecule has 0 atom stereocenters. The minimum Gasteiger partial charge on any atom is -0.355 e. The van der Waals surface area contributed by atoms with Crippen LogP contribution in [-0.4, -0.2) is 62.8 Å². The second-order valence-corrected chi connectivity index (χ2v) is 9.56. The van der Waals surface area contributed by atoms with Gasteiger partial charge >= 0.3 is 12.4 Å². The molecule has 0 spiro atoms. The number of sulfonamides is 1. The number of alkyl halides is 6. The minimum atomic E-state index is -5.15. The largest absolute Gasteiger partial charge is 0.416 e. The summed E-state index contributed by atoms with van der Waals surface area (Å²) in [7, 11) is -4.59. The van der Waals surface area contributed by atoms with E-state index in [0.717, 1.165) is 4.31 Å². The lowest BCUT2D eigenvalue weighted by Gasteiger charge is -2.33. The van der Waals surface area contributed by atoms with Crippen LogP contribution in [0.25, 0.3) is 0 Å². The van der Waals surface area contributed by atoms with Crippen LogP contribution < -0.4 is 5.32 Å². The molecule has 13 heteroatoms. The predicted molar refractivity (Wildman–Crippen MR) is 99.5 cm³/mol. The molecule has 1 saturated heterocycles. The van der Waals surface area contributed by atoms with E-state index < -0.39 is 38.4 Å². The van der Waals surface area contributed by atoms with Crippen molar-refractivity contribution < 1.29 is 39.6 Å². The van der Waals surface area contributed by atoms with Gasteiger partial charge in [-0.05, 0) is 24.1 Å². The van der Waals surface area contributed by atoms with E-state index in [1.807, 2.05) is 13.8 Å². The van der Waals surface area contributed by atoms with Crippen LogP contribution in [0.5, 0.6) is 0 Å². The number of rotatable bonds is 6. The molecule has 1 aromatic rings. The molecule has 1 N–H and O–H groups in total. The Hall–Kier alpha value is -1.86. The summed E-state index contributed by atoms with van der Waals surface area (Å²) in [6.45, 7) is 4.21. The molecule has 1 aliphatic heterocycles. The normalized spacial score (nSPS) is 17.2. The molecular weight excluding hydrogens is 452 g/mol. The summed E-state index contributed by atoms with van der Waals surface area (Å²) in [4.78, 5) is 12.5. The Morgan fingerprint density at radius 2 is 1.45 bits per heavy atom. The summed E-state index contributed by atoms with van der Waals surface area (Å²) in [6, 6.07) is 0.291. The van der Waals surface area contributed by atoms with Gasteiger partial charge in [-0.2, -0.15) is 30.6 Å². The number of nitrogens with zero attached hydrogens (tertiary/aromatic N) is 2. The first-order chi connectivity index (χ1) is 14.1. The van der Waals surface area contributed by atoms with Crippen molar-refractivity contribution in [2.75, 3.05) is 39.3 Å². The standard InChI is InChI=1S/C18H23F6N3O3S/c1-12(2)10-25-16(28)11-26-3-5-27(6-4-26)31(29,30)15-8-13(17(19,20)21)7-14(9-15)18(22,23)24/h7-9,12H,3-6,10-11H2,1-2H3,(H,25,28). The molecule has 0 saturated carbocycles. The van der Waals surface area contributed by atoms with Gasteiger partial charge in [-0.3, -0.25) is 9.69 Å². The SMILES string of the molecule is CC(C)CNC(=O)CN1CCN(S(=O)(=O)c2cc(C(F)(F)F)cc(C(F)(F)F)c2)CC1. The average molecular weight is 475 g/mol. The predicted octanol–water partition coefficient (Wildman–Crippen LogP) is 2.80. The van der Waals surface area contributed by atoms with Crippen molar-refractivity contribution in [3.05, 3.63) is 29.3 Å². The molecule has 6 nitrogen and oxygen atoms in total. The van der Waals surface area contributed by atoms with Gasteiger partial charge in [0.15, 0.2) is 0 Å². The maximum atomic E-state index is 13.0. The Balaban J connectivity index is 2.17. The van der Waals surface area contributed by atoms with E-state index in [0.29, 0.717) is 6.54 Å². The Morgan fingerprint density at radius 1 is 0.968 bits per heavy atom. The van der Waals surface area contributed by atoms with Crippen LogP contribution in [0.4, 0.5) is 26.3 Å². The second-order valence-electron chi connectivity index (χ2n) is 7.62. The van der Waals surface area contributed by atoms with E-state index in [4.69, 9.17) is 0 Å². The van der Waals surface area contributed by atoms with Gasteiger partial charge in [-0.15, -0.1) is 0 Å². The quantitative estimate of drug-likeness (QED) is 0.643. The Kier molecular flexibility index (Phi) is 7.64. The number of piperazine rings is 1. The lowest BCUT2D eigenvalue weighted by Crippen LogP contribution is -2.51. The van der Waals surface area contributed by atoms with Crippen LogP contribution in [0.2, 0.25) is 0 Å². The summed E-state index contributed by atoms with van der Waals surface area (Å²) in [5, 5.41) is 2.71. The highest BCUT2D eigenvalue weighted by atomic mass is 32.2. The highest BCUT2D eigenvalue weighted by molar-refractivity contribution is 7.89. The van der Waals surface area contributed by atoms with Crippen LogP contribution in [0.3, 0.4) is 0 Å². The maximum Gasteiger partial charge on any atom is 0.416 e. The minimum absolute atomic E-state index is 0.0163. The van der Waals surface area contributed by atoms with E-state index in [9.17, 15) is 39.6 Å². The molecule has 1 heterocycles. The van der Waals surface area contributed by atoms with Crippen LogP contribution in [-0.2, 0) is 27.2 Å². The number of benzene rings is 1. The first-order valence-corrected chi connectivity index (χ1v) is 10.8. The van der Waals surface area contributed by atoms with Crippen LogP contribution in [0.1, 0.15) is 25.0 Å². The molecular formula is C18H23F6N3O3S. The molecule has 0 bridgehead atoms. The van der Waals surface area contributed by atoms with Gasteiger partial charge in [-0.1, -0.05) is 13.8 Å². The summed E-state index contributed by atoms with van der Waals surface area (Å²) in [5.74, 6) is -0.00213. The summed E-state index contributed by atoms with van der Waals surface area (Å²) in [6.07, 6.45) is -10.3. The average Bonchev–Trinajstić information content (AvgIpc) is 2.65. The number of carbonyl (C=O) groups excluding carboxylic acids is 1.